The maximum absolute atomic E-state index is 5.44. The van der Waals surface area contributed by atoms with Crippen molar-refractivity contribution < 1.29 is 4.74 Å². The van der Waals surface area contributed by atoms with Gasteiger partial charge in [-0.15, -0.1) is 24.0 Å². The fourth-order valence-electron chi connectivity index (χ4n) is 3.90. The van der Waals surface area contributed by atoms with Crippen LogP contribution in [0.3, 0.4) is 0 Å². The smallest absolute Gasteiger partial charge is 0.193 e. The molecule has 0 aromatic rings. The van der Waals surface area contributed by atoms with E-state index in [0.29, 0.717) is 6.04 Å². The zero-order valence-electron chi connectivity index (χ0n) is 14.7. The molecule has 0 amide bonds. The van der Waals surface area contributed by atoms with Crippen molar-refractivity contribution >= 4 is 29.9 Å². The maximum Gasteiger partial charge on any atom is 0.193 e. The second kappa shape index (κ2) is 9.42. The summed E-state index contributed by atoms with van der Waals surface area (Å²) in [5.74, 6) is 2.80. The molecule has 0 aromatic heterocycles. The van der Waals surface area contributed by atoms with Crippen molar-refractivity contribution in [2.24, 2.45) is 16.8 Å². The number of morpholine rings is 1. The van der Waals surface area contributed by atoms with Gasteiger partial charge in [-0.2, -0.15) is 0 Å². The summed E-state index contributed by atoms with van der Waals surface area (Å²) in [4.78, 5) is 9.55. The second-order valence-corrected chi connectivity index (χ2v) is 7.10. The van der Waals surface area contributed by atoms with Crippen LogP contribution < -0.4 is 5.32 Å². The van der Waals surface area contributed by atoms with E-state index in [0.717, 1.165) is 57.2 Å². The van der Waals surface area contributed by atoms with Crippen LogP contribution in [-0.2, 0) is 4.74 Å². The molecule has 0 aromatic carbocycles. The fraction of sp³-hybridized carbons (Fsp3) is 0.941. The summed E-state index contributed by atoms with van der Waals surface area (Å²) in [6.45, 7) is 9.82. The molecule has 0 spiro atoms. The summed E-state index contributed by atoms with van der Waals surface area (Å²) in [6.07, 6.45) is 5.28. The minimum atomic E-state index is 0. The minimum Gasteiger partial charge on any atom is -0.379 e. The first-order chi connectivity index (χ1) is 10.8. The van der Waals surface area contributed by atoms with Gasteiger partial charge in [-0.05, 0) is 31.1 Å². The first-order valence-corrected chi connectivity index (χ1v) is 9.08. The van der Waals surface area contributed by atoms with Crippen molar-refractivity contribution in [2.45, 2.75) is 38.6 Å². The molecule has 2 aliphatic heterocycles. The summed E-state index contributed by atoms with van der Waals surface area (Å²) >= 11 is 0. The van der Waals surface area contributed by atoms with E-state index in [9.17, 15) is 0 Å². The largest absolute Gasteiger partial charge is 0.379 e. The van der Waals surface area contributed by atoms with Gasteiger partial charge >= 0.3 is 0 Å². The van der Waals surface area contributed by atoms with Crippen LogP contribution in [-0.4, -0.2) is 74.8 Å². The molecule has 1 saturated carbocycles. The van der Waals surface area contributed by atoms with Gasteiger partial charge in [0.2, 0.25) is 0 Å². The fourth-order valence-corrected chi connectivity index (χ4v) is 3.90. The molecule has 2 saturated heterocycles. The molecule has 1 N–H and O–H groups in total. The highest BCUT2D eigenvalue weighted by molar-refractivity contribution is 14.0. The Kier molecular flexibility index (Phi) is 7.88. The van der Waals surface area contributed by atoms with Crippen molar-refractivity contribution in [3.8, 4) is 0 Å². The van der Waals surface area contributed by atoms with Crippen molar-refractivity contribution in [3.63, 3.8) is 0 Å². The molecule has 3 aliphatic rings. The lowest BCUT2D eigenvalue weighted by atomic mass is 10.1. The molecule has 5 nitrogen and oxygen atoms in total. The number of guanidine groups is 1. The van der Waals surface area contributed by atoms with Crippen LogP contribution in [0.1, 0.15) is 32.6 Å². The predicted molar refractivity (Wildman–Crippen MR) is 106 cm³/mol. The number of halogens is 1. The summed E-state index contributed by atoms with van der Waals surface area (Å²) < 4.78 is 5.44. The van der Waals surface area contributed by atoms with Crippen LogP contribution >= 0.6 is 24.0 Å². The summed E-state index contributed by atoms with van der Waals surface area (Å²) in [7, 11) is 1.93. The van der Waals surface area contributed by atoms with Crippen molar-refractivity contribution in [1.29, 1.82) is 0 Å². The number of hydrogen-bond donors (Lipinski definition) is 1. The highest BCUT2D eigenvalue weighted by Gasteiger charge is 2.38. The first kappa shape index (κ1) is 19.2. The zero-order chi connectivity index (χ0) is 15.4. The molecule has 134 valence electrons. The Bertz CT molecular complexity index is 387. The lowest BCUT2D eigenvalue weighted by molar-refractivity contribution is 0.0315. The number of likely N-dealkylation sites (tertiary alicyclic amines) is 1. The number of nitrogens with zero attached hydrogens (tertiary/aromatic N) is 3. The van der Waals surface area contributed by atoms with Gasteiger partial charge < -0.3 is 15.0 Å². The van der Waals surface area contributed by atoms with Crippen molar-refractivity contribution in [1.82, 2.24) is 15.1 Å². The number of hydrogen-bond acceptors (Lipinski definition) is 3. The third-order valence-electron chi connectivity index (χ3n) is 5.31. The van der Waals surface area contributed by atoms with E-state index >= 15 is 0 Å². The molecular weight excluding hydrogens is 403 g/mol. The van der Waals surface area contributed by atoms with Gasteiger partial charge in [0.1, 0.15) is 0 Å². The van der Waals surface area contributed by atoms with Gasteiger partial charge in [0.25, 0.3) is 0 Å². The van der Waals surface area contributed by atoms with Crippen molar-refractivity contribution in [3.05, 3.63) is 0 Å². The molecular formula is C17H33IN4O. The molecule has 3 atom stereocenters. The number of rotatable bonds is 5. The SMILES string of the molecule is CCCC1CC1NC(=NC)N1CCC(CN2CCOCC2)C1.I. The summed E-state index contributed by atoms with van der Waals surface area (Å²) in [6, 6.07) is 0.678. The van der Waals surface area contributed by atoms with E-state index in [2.05, 4.69) is 27.0 Å². The van der Waals surface area contributed by atoms with Gasteiger partial charge in [-0.1, -0.05) is 13.3 Å². The Labute approximate surface area is 158 Å². The van der Waals surface area contributed by atoms with Crippen LogP contribution in [0, 0.1) is 11.8 Å². The number of aliphatic imine (C=N–C) groups is 1. The first-order valence-electron chi connectivity index (χ1n) is 9.08. The van der Waals surface area contributed by atoms with E-state index in [1.54, 1.807) is 0 Å². The van der Waals surface area contributed by atoms with E-state index in [1.165, 1.54) is 32.2 Å². The van der Waals surface area contributed by atoms with Gasteiger partial charge in [0.15, 0.2) is 5.96 Å². The van der Waals surface area contributed by atoms with Gasteiger partial charge in [0, 0.05) is 45.8 Å². The van der Waals surface area contributed by atoms with Crippen LogP contribution in [0.2, 0.25) is 0 Å². The summed E-state index contributed by atoms with van der Waals surface area (Å²) in [5, 5.41) is 3.68. The van der Waals surface area contributed by atoms with Gasteiger partial charge in [0.05, 0.1) is 13.2 Å². The van der Waals surface area contributed by atoms with E-state index < -0.39 is 0 Å². The quantitative estimate of drug-likeness (QED) is 0.407. The zero-order valence-corrected chi connectivity index (χ0v) is 17.0. The molecule has 1 aliphatic carbocycles. The number of nitrogens with one attached hydrogen (secondary N) is 1. The van der Waals surface area contributed by atoms with Crippen LogP contribution in [0.5, 0.6) is 0 Å². The lowest BCUT2D eigenvalue weighted by Crippen LogP contribution is -2.43. The lowest BCUT2D eigenvalue weighted by Gasteiger charge is -2.29. The van der Waals surface area contributed by atoms with Crippen LogP contribution in [0.25, 0.3) is 0 Å². The topological polar surface area (TPSA) is 40.1 Å². The third kappa shape index (κ3) is 5.46. The molecule has 3 rings (SSSR count). The monoisotopic (exact) mass is 436 g/mol. The standard InChI is InChI=1S/C17H32N4O.HI/c1-3-4-15-11-16(15)19-17(18-2)21-6-5-14(13-21)12-20-7-9-22-10-8-20;/h14-16H,3-13H2,1-2H3,(H,18,19);1H. The van der Waals surface area contributed by atoms with Gasteiger partial charge in [-0.3, -0.25) is 9.89 Å². The Morgan fingerprint density at radius 3 is 2.74 bits per heavy atom. The van der Waals surface area contributed by atoms with Crippen LogP contribution in [0.15, 0.2) is 4.99 Å². The Balaban J connectivity index is 0.00000192. The van der Waals surface area contributed by atoms with Crippen LogP contribution in [0.4, 0.5) is 0 Å². The second-order valence-electron chi connectivity index (χ2n) is 7.10. The highest BCUT2D eigenvalue weighted by atomic mass is 127. The Morgan fingerprint density at radius 1 is 1.26 bits per heavy atom. The third-order valence-corrected chi connectivity index (χ3v) is 5.31. The molecule has 23 heavy (non-hydrogen) atoms. The van der Waals surface area contributed by atoms with Crippen molar-refractivity contribution in [2.75, 3.05) is 53.0 Å². The molecule has 3 unspecified atom stereocenters. The maximum atomic E-state index is 5.44. The molecule has 6 heteroatoms. The Morgan fingerprint density at radius 2 is 2.04 bits per heavy atom. The normalized spacial score (nSPS) is 31.8. The molecule has 0 bridgehead atoms. The molecule has 0 radical (unpaired) electrons. The van der Waals surface area contributed by atoms with E-state index in [-0.39, 0.29) is 24.0 Å². The number of ether oxygens (including phenoxy) is 1. The van der Waals surface area contributed by atoms with E-state index in [1.807, 2.05) is 7.05 Å². The predicted octanol–water partition coefficient (Wildman–Crippen LogP) is 2.02. The van der Waals surface area contributed by atoms with E-state index in [4.69, 9.17) is 4.74 Å². The van der Waals surface area contributed by atoms with Gasteiger partial charge in [-0.25, -0.2) is 0 Å². The average molecular weight is 436 g/mol. The highest BCUT2D eigenvalue weighted by Crippen LogP contribution is 2.34. The average Bonchev–Trinajstić information content (AvgIpc) is 3.10. The minimum absolute atomic E-state index is 0. The Hall–Kier alpha value is -0.0800. The summed E-state index contributed by atoms with van der Waals surface area (Å²) in [5.41, 5.74) is 0. The molecule has 3 fully saturated rings. The molecule has 2 heterocycles.